The first-order valence-corrected chi connectivity index (χ1v) is 7.57. The molecule has 0 aliphatic rings. The second-order valence-electron chi connectivity index (χ2n) is 5.52. The van der Waals surface area contributed by atoms with E-state index in [9.17, 15) is 5.11 Å². The van der Waals surface area contributed by atoms with Crippen LogP contribution >= 0.6 is 11.6 Å². The molecule has 2 nitrogen and oxygen atoms in total. The molecule has 2 unspecified atom stereocenters. The van der Waals surface area contributed by atoms with Gasteiger partial charge in [-0.25, -0.2) is 0 Å². The number of rotatable bonds is 8. The van der Waals surface area contributed by atoms with E-state index in [4.69, 9.17) is 11.6 Å². The van der Waals surface area contributed by atoms with Gasteiger partial charge in [0.15, 0.2) is 0 Å². The molecule has 1 aromatic carbocycles. The summed E-state index contributed by atoms with van der Waals surface area (Å²) in [5, 5.41) is 14.5. The zero-order chi connectivity index (χ0) is 14.3. The highest BCUT2D eigenvalue weighted by Gasteiger charge is 2.21. The molecule has 0 aliphatic carbocycles. The molecule has 0 amide bonds. The second kappa shape index (κ2) is 7.88. The summed E-state index contributed by atoms with van der Waals surface area (Å²) in [7, 11) is 0. The minimum atomic E-state index is -0.632. The van der Waals surface area contributed by atoms with Crippen LogP contribution in [0.25, 0.3) is 0 Å². The average Bonchev–Trinajstić information content (AvgIpc) is 2.35. The van der Waals surface area contributed by atoms with Crippen molar-refractivity contribution in [2.45, 2.75) is 58.1 Å². The summed E-state index contributed by atoms with van der Waals surface area (Å²) in [6, 6.07) is 8.25. The molecule has 0 spiro atoms. The van der Waals surface area contributed by atoms with E-state index in [2.05, 4.69) is 31.3 Å². The van der Waals surface area contributed by atoms with Gasteiger partial charge >= 0.3 is 0 Å². The predicted molar refractivity (Wildman–Crippen MR) is 82.6 cm³/mol. The molecule has 0 aliphatic heterocycles. The van der Waals surface area contributed by atoms with Gasteiger partial charge in [0.25, 0.3) is 0 Å². The molecule has 1 aromatic rings. The van der Waals surface area contributed by atoms with Crippen molar-refractivity contribution in [1.82, 2.24) is 5.32 Å². The Hall–Kier alpha value is -0.570. The topological polar surface area (TPSA) is 32.3 Å². The maximum atomic E-state index is 10.2. The second-order valence-corrected chi connectivity index (χ2v) is 5.96. The van der Waals surface area contributed by atoms with E-state index < -0.39 is 5.60 Å². The van der Waals surface area contributed by atoms with Gasteiger partial charge in [-0.3, -0.25) is 0 Å². The minimum absolute atomic E-state index is 0.283. The lowest BCUT2D eigenvalue weighted by molar-refractivity contribution is 0.0468. The normalized spacial score (nSPS) is 16.1. The van der Waals surface area contributed by atoms with Gasteiger partial charge in [-0.05, 0) is 37.5 Å². The Morgan fingerprint density at radius 1 is 1.21 bits per heavy atom. The first-order chi connectivity index (χ1) is 8.98. The highest BCUT2D eigenvalue weighted by molar-refractivity contribution is 6.30. The van der Waals surface area contributed by atoms with E-state index in [1.54, 1.807) is 0 Å². The van der Waals surface area contributed by atoms with Crippen molar-refractivity contribution in [1.29, 1.82) is 0 Å². The summed E-state index contributed by atoms with van der Waals surface area (Å²) >= 11 is 5.92. The van der Waals surface area contributed by atoms with E-state index in [1.807, 2.05) is 19.1 Å². The number of nitrogens with one attached hydrogen (secondary N) is 1. The molecule has 0 saturated carbocycles. The van der Waals surface area contributed by atoms with Crippen molar-refractivity contribution in [2.75, 3.05) is 6.54 Å². The van der Waals surface area contributed by atoms with Crippen LogP contribution in [0.1, 0.15) is 58.1 Å². The molecule has 2 N–H and O–H groups in total. The van der Waals surface area contributed by atoms with Crippen LogP contribution in [-0.4, -0.2) is 17.3 Å². The van der Waals surface area contributed by atoms with Gasteiger partial charge in [0.1, 0.15) is 0 Å². The van der Waals surface area contributed by atoms with E-state index >= 15 is 0 Å². The third-order valence-electron chi connectivity index (χ3n) is 3.37. The molecule has 108 valence electrons. The van der Waals surface area contributed by atoms with Crippen LogP contribution in [0.2, 0.25) is 5.02 Å². The van der Waals surface area contributed by atoms with Crippen molar-refractivity contribution < 1.29 is 5.11 Å². The summed E-state index contributed by atoms with van der Waals surface area (Å²) in [6.45, 7) is 6.79. The molecule has 0 aromatic heterocycles. The largest absolute Gasteiger partial charge is 0.389 e. The van der Waals surface area contributed by atoms with E-state index in [0.717, 1.165) is 30.7 Å². The SMILES string of the molecule is CCCC(NCC(C)(O)CCC)c1ccc(Cl)cc1. The van der Waals surface area contributed by atoms with Crippen LogP contribution in [0, 0.1) is 0 Å². The van der Waals surface area contributed by atoms with Gasteiger partial charge in [0.2, 0.25) is 0 Å². The van der Waals surface area contributed by atoms with E-state index in [1.165, 1.54) is 5.56 Å². The molecule has 1 rings (SSSR count). The highest BCUT2D eigenvalue weighted by atomic mass is 35.5. The standard InChI is InChI=1S/C16H26ClNO/c1-4-6-15(13-7-9-14(17)10-8-13)18-12-16(3,19)11-5-2/h7-10,15,18-19H,4-6,11-12H2,1-3H3. The lowest BCUT2D eigenvalue weighted by atomic mass is 9.97. The molecule has 0 fully saturated rings. The fraction of sp³-hybridized carbons (Fsp3) is 0.625. The molecular formula is C16H26ClNO. The zero-order valence-corrected chi connectivity index (χ0v) is 13.0. The molecular weight excluding hydrogens is 258 g/mol. The summed E-state index contributed by atoms with van der Waals surface area (Å²) in [5.74, 6) is 0. The van der Waals surface area contributed by atoms with Crippen molar-refractivity contribution in [3.05, 3.63) is 34.9 Å². The van der Waals surface area contributed by atoms with Crippen molar-refractivity contribution in [2.24, 2.45) is 0 Å². The zero-order valence-electron chi connectivity index (χ0n) is 12.2. The molecule has 0 heterocycles. The maximum Gasteiger partial charge on any atom is 0.0743 e. The number of aliphatic hydroxyl groups is 1. The molecule has 0 saturated heterocycles. The number of hydrogen-bond donors (Lipinski definition) is 2. The van der Waals surface area contributed by atoms with Gasteiger partial charge in [-0.1, -0.05) is 50.4 Å². The fourth-order valence-electron chi connectivity index (χ4n) is 2.34. The van der Waals surface area contributed by atoms with E-state index in [0.29, 0.717) is 6.54 Å². The lowest BCUT2D eigenvalue weighted by Gasteiger charge is -2.27. The Bertz CT molecular complexity index is 362. The fourth-order valence-corrected chi connectivity index (χ4v) is 2.47. The minimum Gasteiger partial charge on any atom is -0.389 e. The molecule has 2 atom stereocenters. The highest BCUT2D eigenvalue weighted by Crippen LogP contribution is 2.22. The van der Waals surface area contributed by atoms with Crippen LogP contribution in [0.3, 0.4) is 0 Å². The Balaban J connectivity index is 2.65. The summed E-state index contributed by atoms with van der Waals surface area (Å²) in [4.78, 5) is 0. The quantitative estimate of drug-likeness (QED) is 0.745. The van der Waals surface area contributed by atoms with Crippen molar-refractivity contribution >= 4 is 11.6 Å². The monoisotopic (exact) mass is 283 g/mol. The smallest absolute Gasteiger partial charge is 0.0743 e. The summed E-state index contributed by atoms with van der Waals surface area (Å²) < 4.78 is 0. The van der Waals surface area contributed by atoms with Gasteiger partial charge in [0, 0.05) is 17.6 Å². The average molecular weight is 284 g/mol. The van der Waals surface area contributed by atoms with Crippen LogP contribution in [-0.2, 0) is 0 Å². The summed E-state index contributed by atoms with van der Waals surface area (Å²) in [6.07, 6.45) is 3.98. The molecule has 3 heteroatoms. The van der Waals surface area contributed by atoms with Gasteiger partial charge < -0.3 is 10.4 Å². The van der Waals surface area contributed by atoms with Crippen LogP contribution < -0.4 is 5.32 Å². The number of benzene rings is 1. The Labute approximate surface area is 122 Å². The van der Waals surface area contributed by atoms with Crippen LogP contribution in [0.5, 0.6) is 0 Å². The third kappa shape index (κ3) is 5.94. The molecule has 0 radical (unpaired) electrons. The lowest BCUT2D eigenvalue weighted by Crippen LogP contribution is -2.39. The van der Waals surface area contributed by atoms with Crippen LogP contribution in [0.15, 0.2) is 24.3 Å². The summed E-state index contributed by atoms with van der Waals surface area (Å²) in [5.41, 5.74) is 0.603. The number of halogens is 1. The maximum absolute atomic E-state index is 10.2. The first kappa shape index (κ1) is 16.5. The number of hydrogen-bond acceptors (Lipinski definition) is 2. The Morgan fingerprint density at radius 3 is 2.37 bits per heavy atom. The predicted octanol–water partition coefficient (Wildman–Crippen LogP) is 4.32. The molecule has 19 heavy (non-hydrogen) atoms. The van der Waals surface area contributed by atoms with E-state index in [-0.39, 0.29) is 6.04 Å². The third-order valence-corrected chi connectivity index (χ3v) is 3.62. The molecule has 0 bridgehead atoms. The Morgan fingerprint density at radius 2 is 1.84 bits per heavy atom. The van der Waals surface area contributed by atoms with Crippen LogP contribution in [0.4, 0.5) is 0 Å². The Kier molecular flexibility index (Phi) is 6.84. The van der Waals surface area contributed by atoms with Gasteiger partial charge in [0.05, 0.1) is 5.60 Å². The van der Waals surface area contributed by atoms with Crippen molar-refractivity contribution in [3.8, 4) is 0 Å². The van der Waals surface area contributed by atoms with Crippen molar-refractivity contribution in [3.63, 3.8) is 0 Å². The first-order valence-electron chi connectivity index (χ1n) is 7.19. The van der Waals surface area contributed by atoms with Gasteiger partial charge in [-0.2, -0.15) is 0 Å². The van der Waals surface area contributed by atoms with Gasteiger partial charge in [-0.15, -0.1) is 0 Å².